The molecule has 33 heavy (non-hydrogen) atoms. The highest BCUT2D eigenvalue weighted by molar-refractivity contribution is 5.82. The number of unbranched alkanes of at least 4 members (excludes halogenated alkanes) is 1. The van der Waals surface area contributed by atoms with Crippen molar-refractivity contribution in [2.45, 2.75) is 57.6 Å². The van der Waals surface area contributed by atoms with Crippen molar-refractivity contribution in [3.63, 3.8) is 0 Å². The molecule has 0 amide bonds. The highest BCUT2D eigenvalue weighted by Crippen LogP contribution is 2.30. The van der Waals surface area contributed by atoms with Gasteiger partial charge in [0.05, 0.1) is 29.5 Å². The fraction of sp³-hybridized carbons (Fsp3) is 0.583. The summed E-state index contributed by atoms with van der Waals surface area (Å²) in [5.41, 5.74) is 8.47. The second-order valence-corrected chi connectivity index (χ2v) is 9.08. The number of aromatic amines is 1. The van der Waals surface area contributed by atoms with Gasteiger partial charge in [0.1, 0.15) is 6.23 Å². The summed E-state index contributed by atoms with van der Waals surface area (Å²) in [6.07, 6.45) is 10.7. The average molecular weight is 457 g/mol. The van der Waals surface area contributed by atoms with E-state index in [9.17, 15) is 4.39 Å². The van der Waals surface area contributed by atoms with Crippen molar-refractivity contribution in [2.24, 2.45) is 0 Å². The number of fused-ring (bicyclic) bond motifs is 1. The number of nitrogens with one attached hydrogen (secondary N) is 1. The van der Waals surface area contributed by atoms with Gasteiger partial charge in [-0.3, -0.25) is 0 Å². The monoisotopic (exact) mass is 456 g/mol. The van der Waals surface area contributed by atoms with Crippen molar-refractivity contribution in [3.8, 4) is 17.3 Å². The molecule has 0 bridgehead atoms. The van der Waals surface area contributed by atoms with E-state index >= 15 is 0 Å². The Morgan fingerprint density at radius 1 is 1.15 bits per heavy atom. The molecule has 4 heterocycles. The number of nitrogens with two attached hydrogens (primary N) is 1. The van der Waals surface area contributed by atoms with Crippen LogP contribution in [-0.2, 0) is 4.74 Å². The summed E-state index contributed by atoms with van der Waals surface area (Å²) >= 11 is 0. The first-order chi connectivity index (χ1) is 16.2. The lowest BCUT2D eigenvalue weighted by Gasteiger charge is -2.26. The van der Waals surface area contributed by atoms with Crippen LogP contribution in [-0.4, -0.2) is 57.5 Å². The third-order valence-corrected chi connectivity index (χ3v) is 6.55. The molecule has 0 aliphatic carbocycles. The van der Waals surface area contributed by atoms with Crippen LogP contribution in [0.3, 0.4) is 0 Å². The highest BCUT2D eigenvalue weighted by Gasteiger charge is 2.21. The minimum atomic E-state index is -0.400. The number of hydrogen-bond acceptors (Lipinski definition) is 6. The molecule has 2 aromatic heterocycles. The molecule has 178 valence electrons. The molecule has 1 unspecified atom stereocenters. The number of ether oxygens (including phenoxy) is 2. The zero-order valence-corrected chi connectivity index (χ0v) is 19.1. The summed E-state index contributed by atoms with van der Waals surface area (Å²) in [7, 11) is 0. The molecule has 2 aliphatic heterocycles. The summed E-state index contributed by atoms with van der Waals surface area (Å²) in [6.45, 7) is 4.71. The van der Waals surface area contributed by atoms with E-state index in [1.165, 1.54) is 38.4 Å². The van der Waals surface area contributed by atoms with E-state index in [1.807, 2.05) is 0 Å². The largest absolute Gasteiger partial charge is 0.490 e. The number of rotatable bonds is 8. The number of benzene rings is 1. The van der Waals surface area contributed by atoms with Gasteiger partial charge in [-0.05, 0) is 64.6 Å². The summed E-state index contributed by atoms with van der Waals surface area (Å²) < 4.78 is 27.9. The van der Waals surface area contributed by atoms with Crippen LogP contribution in [0, 0.1) is 5.82 Å². The van der Waals surface area contributed by atoms with Gasteiger partial charge in [0.25, 0.3) is 0 Å². The van der Waals surface area contributed by atoms with E-state index in [0.29, 0.717) is 34.8 Å². The van der Waals surface area contributed by atoms with Gasteiger partial charge in [-0.1, -0.05) is 6.42 Å². The topological polar surface area (TPSA) is 94.2 Å². The van der Waals surface area contributed by atoms with E-state index in [-0.39, 0.29) is 12.0 Å². The van der Waals surface area contributed by atoms with Gasteiger partial charge < -0.3 is 25.1 Å². The number of halogens is 1. The number of H-pyrrole nitrogens is 1. The van der Waals surface area contributed by atoms with Crippen molar-refractivity contribution >= 4 is 16.7 Å². The zero-order valence-electron chi connectivity index (χ0n) is 19.1. The molecule has 2 aliphatic rings. The fourth-order valence-electron chi connectivity index (χ4n) is 4.71. The van der Waals surface area contributed by atoms with Crippen LogP contribution >= 0.6 is 0 Å². The Hall–Kier alpha value is -2.65. The van der Waals surface area contributed by atoms with Crippen molar-refractivity contribution in [3.05, 3.63) is 24.1 Å². The normalized spacial score (nSPS) is 19.8. The maximum absolute atomic E-state index is 14.6. The van der Waals surface area contributed by atoms with Crippen LogP contribution in [0.5, 0.6) is 5.75 Å². The maximum Gasteiger partial charge on any atom is 0.167 e. The Bertz CT molecular complexity index is 1070. The number of aromatic nitrogens is 4. The average Bonchev–Trinajstić information content (AvgIpc) is 3.43. The minimum absolute atomic E-state index is 0.105. The number of nitrogen functional groups attached to an aromatic ring is 1. The molecule has 9 heteroatoms. The smallest absolute Gasteiger partial charge is 0.167 e. The van der Waals surface area contributed by atoms with Gasteiger partial charge in [-0.25, -0.2) is 14.1 Å². The Labute approximate surface area is 193 Å². The van der Waals surface area contributed by atoms with Gasteiger partial charge in [0, 0.05) is 18.7 Å². The second kappa shape index (κ2) is 10.1. The number of imidazole rings is 1. The molecule has 0 spiro atoms. The Kier molecular flexibility index (Phi) is 6.78. The SMILES string of the molecule is Nc1cn(C2CCCCO2)nc1-c1nc2cc(OCCCCN3CCCCC3)c(F)cc2[nH]1. The molecule has 2 saturated heterocycles. The molecule has 1 aromatic carbocycles. The Morgan fingerprint density at radius 2 is 2.03 bits per heavy atom. The van der Waals surface area contributed by atoms with Crippen LogP contribution in [0.2, 0.25) is 0 Å². The van der Waals surface area contributed by atoms with E-state index in [4.69, 9.17) is 15.2 Å². The van der Waals surface area contributed by atoms with Crippen LogP contribution in [0.1, 0.15) is 57.6 Å². The minimum Gasteiger partial charge on any atom is -0.490 e. The van der Waals surface area contributed by atoms with Gasteiger partial charge in [-0.15, -0.1) is 0 Å². The number of likely N-dealkylation sites (tertiary alicyclic amines) is 1. The summed E-state index contributed by atoms with van der Waals surface area (Å²) in [5, 5.41) is 4.60. The third-order valence-electron chi connectivity index (χ3n) is 6.55. The molecular formula is C24H33FN6O2. The molecule has 1 atom stereocenters. The fourth-order valence-corrected chi connectivity index (χ4v) is 4.71. The van der Waals surface area contributed by atoms with Gasteiger partial charge in [-0.2, -0.15) is 5.10 Å². The summed E-state index contributed by atoms with van der Waals surface area (Å²) in [4.78, 5) is 10.3. The number of piperidine rings is 1. The predicted octanol–water partition coefficient (Wildman–Crippen LogP) is 4.49. The summed E-state index contributed by atoms with van der Waals surface area (Å²) in [6, 6.07) is 3.07. The first kappa shape index (κ1) is 22.2. The third kappa shape index (κ3) is 5.14. The Morgan fingerprint density at radius 3 is 2.85 bits per heavy atom. The zero-order chi connectivity index (χ0) is 22.6. The van der Waals surface area contributed by atoms with E-state index in [1.54, 1.807) is 16.9 Å². The molecule has 0 saturated carbocycles. The maximum atomic E-state index is 14.6. The molecule has 0 radical (unpaired) electrons. The van der Waals surface area contributed by atoms with Crippen molar-refractivity contribution < 1.29 is 13.9 Å². The molecule has 3 aromatic rings. The number of hydrogen-bond donors (Lipinski definition) is 2. The molecule has 2 fully saturated rings. The van der Waals surface area contributed by atoms with Crippen LogP contribution in [0.25, 0.3) is 22.6 Å². The predicted molar refractivity (Wildman–Crippen MR) is 126 cm³/mol. The molecular weight excluding hydrogens is 423 g/mol. The lowest BCUT2D eigenvalue weighted by Crippen LogP contribution is -2.30. The molecule has 5 rings (SSSR count). The highest BCUT2D eigenvalue weighted by atomic mass is 19.1. The molecule has 3 N–H and O–H groups in total. The van der Waals surface area contributed by atoms with Crippen LogP contribution in [0.15, 0.2) is 18.3 Å². The van der Waals surface area contributed by atoms with Crippen LogP contribution < -0.4 is 10.5 Å². The molecule has 8 nitrogen and oxygen atoms in total. The first-order valence-corrected chi connectivity index (χ1v) is 12.2. The van der Waals surface area contributed by atoms with Gasteiger partial charge in [0.15, 0.2) is 23.1 Å². The Balaban J connectivity index is 1.23. The summed E-state index contributed by atoms with van der Waals surface area (Å²) in [5.74, 6) is 0.339. The van der Waals surface area contributed by atoms with Crippen molar-refractivity contribution in [1.29, 1.82) is 0 Å². The number of anilines is 1. The van der Waals surface area contributed by atoms with E-state index in [2.05, 4.69) is 20.0 Å². The van der Waals surface area contributed by atoms with Crippen molar-refractivity contribution in [1.82, 2.24) is 24.6 Å². The standard InChI is InChI=1S/C24H33FN6O2/c25-17-14-19-20(15-21(17)32-12-7-5-11-30-9-3-1-4-10-30)28-24(27-19)23-18(26)16-31(29-23)22-8-2-6-13-33-22/h14-16,22H,1-13,26H2,(H,27,28). The van der Waals surface area contributed by atoms with Crippen LogP contribution in [0.4, 0.5) is 10.1 Å². The first-order valence-electron chi connectivity index (χ1n) is 12.2. The van der Waals surface area contributed by atoms with E-state index < -0.39 is 5.82 Å². The van der Waals surface area contributed by atoms with Gasteiger partial charge >= 0.3 is 0 Å². The van der Waals surface area contributed by atoms with E-state index in [0.717, 1.165) is 45.3 Å². The van der Waals surface area contributed by atoms with Crippen molar-refractivity contribution in [2.75, 3.05) is 38.6 Å². The lowest BCUT2D eigenvalue weighted by atomic mass is 10.1. The quantitative estimate of drug-likeness (QED) is 0.485. The number of nitrogens with zero attached hydrogens (tertiary/aromatic N) is 4. The lowest BCUT2D eigenvalue weighted by molar-refractivity contribution is -0.0393. The van der Waals surface area contributed by atoms with Gasteiger partial charge in [0.2, 0.25) is 0 Å². The second-order valence-electron chi connectivity index (χ2n) is 9.08.